The Morgan fingerprint density at radius 2 is 2.14 bits per heavy atom. The molecule has 0 spiro atoms. The van der Waals surface area contributed by atoms with Crippen LogP contribution in [0.25, 0.3) is 0 Å². The topological polar surface area (TPSA) is 78.5 Å². The number of carbonyl (C=O) groups excluding carboxylic acids is 1. The number of aromatic amines is 1. The smallest absolute Gasteiger partial charge is 0.259 e. The summed E-state index contributed by atoms with van der Waals surface area (Å²) in [5.74, 6) is 0.957. The zero-order valence-corrected chi connectivity index (χ0v) is 14.1. The van der Waals surface area contributed by atoms with Crippen molar-refractivity contribution in [3.63, 3.8) is 0 Å². The van der Waals surface area contributed by atoms with Gasteiger partial charge in [-0.2, -0.15) is 5.10 Å². The number of nitrogens with zero attached hydrogens (tertiary/aromatic N) is 2. The van der Waals surface area contributed by atoms with Crippen LogP contribution in [0.4, 0.5) is 5.82 Å². The maximum Gasteiger partial charge on any atom is 0.259 e. The van der Waals surface area contributed by atoms with Crippen LogP contribution in [0.15, 0.2) is 27.3 Å². The number of aromatic nitrogens is 2. The van der Waals surface area contributed by atoms with E-state index in [2.05, 4.69) is 42.1 Å². The van der Waals surface area contributed by atoms with Gasteiger partial charge in [-0.15, -0.1) is 0 Å². The predicted molar refractivity (Wildman–Crippen MR) is 83.9 cm³/mol. The molecular formula is C13H11Br2N3O3. The van der Waals surface area contributed by atoms with Crippen LogP contribution in [0.5, 0.6) is 11.5 Å². The lowest BCUT2D eigenvalue weighted by molar-refractivity contribution is 0.0960. The molecule has 0 unspecified atom stereocenters. The highest BCUT2D eigenvalue weighted by atomic mass is 79.9. The molecule has 0 fully saturated rings. The van der Waals surface area contributed by atoms with Gasteiger partial charge >= 0.3 is 0 Å². The van der Waals surface area contributed by atoms with Gasteiger partial charge < -0.3 is 9.84 Å². The Morgan fingerprint density at radius 3 is 2.81 bits per heavy atom. The summed E-state index contributed by atoms with van der Waals surface area (Å²) in [5, 5.41) is 16.4. The summed E-state index contributed by atoms with van der Waals surface area (Å²) >= 11 is 6.46. The van der Waals surface area contributed by atoms with Crippen LogP contribution in [0.2, 0.25) is 0 Å². The molecule has 1 amide bonds. The Balaban J connectivity index is 2.00. The van der Waals surface area contributed by atoms with Gasteiger partial charge in [0.25, 0.3) is 5.91 Å². The van der Waals surface area contributed by atoms with Crippen LogP contribution >= 0.6 is 31.9 Å². The maximum atomic E-state index is 12.7. The van der Waals surface area contributed by atoms with E-state index in [9.17, 15) is 9.90 Å². The molecule has 1 aliphatic heterocycles. The van der Waals surface area contributed by atoms with Crippen LogP contribution in [0, 0.1) is 0 Å². The van der Waals surface area contributed by atoms with Crippen molar-refractivity contribution >= 4 is 43.6 Å². The lowest BCUT2D eigenvalue weighted by atomic mass is 10.1. The van der Waals surface area contributed by atoms with Gasteiger partial charge in [-0.3, -0.25) is 14.8 Å². The molecule has 3 rings (SSSR count). The molecular weight excluding hydrogens is 406 g/mol. The zero-order chi connectivity index (χ0) is 15.1. The Morgan fingerprint density at radius 1 is 1.48 bits per heavy atom. The number of hydrogen-bond acceptors (Lipinski definition) is 4. The van der Waals surface area contributed by atoms with E-state index >= 15 is 0 Å². The molecule has 0 saturated heterocycles. The number of halogens is 2. The molecule has 0 bridgehead atoms. The van der Waals surface area contributed by atoms with Crippen molar-refractivity contribution in [2.24, 2.45) is 0 Å². The minimum Gasteiger partial charge on any atom is -0.506 e. The number of benzene rings is 1. The average molecular weight is 417 g/mol. The van der Waals surface area contributed by atoms with Crippen LogP contribution in [0.1, 0.15) is 17.3 Å². The van der Waals surface area contributed by atoms with Crippen molar-refractivity contribution in [3.8, 4) is 11.5 Å². The SMILES string of the molecule is C[C@H]1CN(C(=O)c2cc(Br)c(O)c(Br)c2)c2[nH]ncc2O1. The highest BCUT2D eigenvalue weighted by Gasteiger charge is 2.30. The van der Waals surface area contributed by atoms with Crippen molar-refractivity contribution in [2.75, 3.05) is 11.4 Å². The molecule has 2 heterocycles. The second kappa shape index (κ2) is 5.34. The van der Waals surface area contributed by atoms with Gasteiger partial charge in [0.05, 0.1) is 21.7 Å². The third-order valence-electron chi connectivity index (χ3n) is 3.13. The second-order valence-electron chi connectivity index (χ2n) is 4.72. The highest BCUT2D eigenvalue weighted by molar-refractivity contribution is 9.11. The lowest BCUT2D eigenvalue weighted by Crippen LogP contribution is -2.42. The number of phenols is 1. The molecule has 0 saturated carbocycles. The van der Waals surface area contributed by atoms with Crippen molar-refractivity contribution in [2.45, 2.75) is 13.0 Å². The summed E-state index contributed by atoms with van der Waals surface area (Å²) in [6.07, 6.45) is 1.43. The van der Waals surface area contributed by atoms with E-state index in [-0.39, 0.29) is 17.8 Å². The molecule has 0 aliphatic carbocycles. The minimum absolute atomic E-state index is 0.0594. The molecule has 0 radical (unpaired) electrons. The van der Waals surface area contributed by atoms with Gasteiger partial charge in [0.1, 0.15) is 11.9 Å². The van der Waals surface area contributed by atoms with Gasteiger partial charge in [-0.25, -0.2) is 0 Å². The summed E-state index contributed by atoms with van der Waals surface area (Å²) in [7, 11) is 0. The largest absolute Gasteiger partial charge is 0.506 e. The number of amides is 1. The van der Waals surface area contributed by atoms with Crippen molar-refractivity contribution in [1.82, 2.24) is 10.2 Å². The first-order valence-corrected chi connectivity index (χ1v) is 7.76. The maximum absolute atomic E-state index is 12.7. The lowest BCUT2D eigenvalue weighted by Gasteiger charge is -2.30. The molecule has 1 atom stereocenters. The Labute approximate surface area is 137 Å². The van der Waals surface area contributed by atoms with Crippen LogP contribution < -0.4 is 9.64 Å². The summed E-state index contributed by atoms with van der Waals surface area (Å²) in [6, 6.07) is 3.16. The van der Waals surface area contributed by atoms with Gasteiger partial charge in [-0.05, 0) is 50.9 Å². The quantitative estimate of drug-likeness (QED) is 0.748. The molecule has 1 aromatic heterocycles. The Hall–Kier alpha value is -1.54. The average Bonchev–Trinajstić information content (AvgIpc) is 2.90. The van der Waals surface area contributed by atoms with E-state index < -0.39 is 0 Å². The first-order chi connectivity index (χ1) is 9.97. The normalized spacial score (nSPS) is 17.3. The fourth-order valence-corrected chi connectivity index (χ4v) is 3.37. The molecule has 1 aliphatic rings. The number of carbonyl (C=O) groups is 1. The predicted octanol–water partition coefficient (Wildman–Crippen LogP) is 3.07. The summed E-state index contributed by atoms with van der Waals surface area (Å²) in [5.41, 5.74) is 0.446. The molecule has 8 heteroatoms. The van der Waals surface area contributed by atoms with Crippen molar-refractivity contribution < 1.29 is 14.6 Å². The number of nitrogens with one attached hydrogen (secondary N) is 1. The summed E-state index contributed by atoms with van der Waals surface area (Å²) in [4.78, 5) is 14.3. The second-order valence-corrected chi connectivity index (χ2v) is 6.42. The first-order valence-electron chi connectivity index (χ1n) is 6.17. The van der Waals surface area contributed by atoms with Crippen LogP contribution in [0.3, 0.4) is 0 Å². The number of H-pyrrole nitrogens is 1. The molecule has 110 valence electrons. The highest BCUT2D eigenvalue weighted by Crippen LogP contribution is 2.36. The number of rotatable bonds is 1. The Kier molecular flexibility index (Phi) is 3.66. The molecule has 2 N–H and O–H groups in total. The van der Waals surface area contributed by atoms with E-state index in [0.717, 1.165) is 0 Å². The molecule has 1 aromatic carbocycles. The number of fused-ring (bicyclic) bond motifs is 1. The van der Waals surface area contributed by atoms with Crippen LogP contribution in [-0.4, -0.2) is 33.9 Å². The van der Waals surface area contributed by atoms with E-state index in [1.54, 1.807) is 23.2 Å². The fourth-order valence-electron chi connectivity index (χ4n) is 2.18. The third kappa shape index (κ3) is 2.53. The molecule has 21 heavy (non-hydrogen) atoms. The fraction of sp³-hybridized carbons (Fsp3) is 0.231. The van der Waals surface area contributed by atoms with Crippen LogP contribution in [-0.2, 0) is 0 Å². The molecule has 6 nitrogen and oxygen atoms in total. The monoisotopic (exact) mass is 415 g/mol. The third-order valence-corrected chi connectivity index (χ3v) is 4.34. The summed E-state index contributed by atoms with van der Waals surface area (Å²) in [6.45, 7) is 2.31. The standard InChI is InChI=1S/C13H11Br2N3O3/c1-6-5-18(12-10(21-6)4-16-17-12)13(20)7-2-8(14)11(19)9(15)3-7/h2-4,6,19H,5H2,1H3,(H,16,17)/t6-/m0/s1. The summed E-state index contributed by atoms with van der Waals surface area (Å²) < 4.78 is 6.51. The number of phenolic OH excluding ortho intramolecular Hbond substituents is 1. The van der Waals surface area contributed by atoms with E-state index in [1.807, 2.05) is 6.92 Å². The number of ether oxygens (including phenoxy) is 1. The minimum atomic E-state index is -0.197. The first kappa shape index (κ1) is 14.4. The molecule has 2 aromatic rings. The Bertz CT molecular complexity index is 693. The number of aromatic hydroxyl groups is 1. The number of anilines is 1. The van der Waals surface area contributed by atoms with Gasteiger partial charge in [0, 0.05) is 5.56 Å². The van der Waals surface area contributed by atoms with Crippen molar-refractivity contribution in [3.05, 3.63) is 32.8 Å². The zero-order valence-electron chi connectivity index (χ0n) is 10.9. The van der Waals surface area contributed by atoms with Crippen molar-refractivity contribution in [1.29, 1.82) is 0 Å². The van der Waals surface area contributed by atoms with E-state index in [4.69, 9.17) is 4.74 Å². The van der Waals surface area contributed by atoms with E-state index in [0.29, 0.717) is 32.6 Å². The van der Waals surface area contributed by atoms with Gasteiger partial charge in [-0.1, -0.05) is 0 Å². The van der Waals surface area contributed by atoms with Gasteiger partial charge in [0.15, 0.2) is 11.6 Å². The number of hydrogen-bond donors (Lipinski definition) is 2. The van der Waals surface area contributed by atoms with Gasteiger partial charge in [0.2, 0.25) is 0 Å². The van der Waals surface area contributed by atoms with E-state index in [1.165, 1.54) is 0 Å².